The summed E-state index contributed by atoms with van der Waals surface area (Å²) < 4.78 is 0. The topological polar surface area (TPSA) is 0 Å². The SMILES string of the molecule is C=CC.CCCc1ccccc1CC. The highest BCUT2D eigenvalue weighted by Crippen LogP contribution is 2.10. The number of hydrogen-bond acceptors (Lipinski definition) is 0. The predicted octanol–water partition coefficient (Wildman–Crippen LogP) is 4.39. The number of benzene rings is 1. The molecule has 0 heteroatoms. The van der Waals surface area contributed by atoms with E-state index in [0.29, 0.717) is 0 Å². The van der Waals surface area contributed by atoms with E-state index >= 15 is 0 Å². The normalized spacial score (nSPS) is 8.79. The Bertz CT molecular complexity index is 248. The third kappa shape index (κ3) is 4.86. The first kappa shape index (κ1) is 13.0. The Hall–Kier alpha value is -1.04. The van der Waals surface area contributed by atoms with Crippen LogP contribution in [0.5, 0.6) is 0 Å². The second-order valence-electron chi connectivity index (χ2n) is 3.28. The summed E-state index contributed by atoms with van der Waals surface area (Å²) in [6.45, 7) is 9.70. The van der Waals surface area contributed by atoms with Gasteiger partial charge in [0, 0.05) is 0 Å². The summed E-state index contributed by atoms with van der Waals surface area (Å²) in [5.74, 6) is 0. The molecule has 1 aromatic carbocycles. The van der Waals surface area contributed by atoms with Gasteiger partial charge in [-0.05, 0) is 30.9 Å². The molecule has 0 bridgehead atoms. The van der Waals surface area contributed by atoms with Crippen LogP contribution in [-0.2, 0) is 12.8 Å². The average Bonchev–Trinajstić information content (AvgIpc) is 2.20. The fourth-order valence-corrected chi connectivity index (χ4v) is 1.42. The average molecular weight is 190 g/mol. The van der Waals surface area contributed by atoms with E-state index in [2.05, 4.69) is 44.7 Å². The van der Waals surface area contributed by atoms with Crippen molar-refractivity contribution >= 4 is 0 Å². The van der Waals surface area contributed by atoms with Crippen LogP contribution in [0.2, 0.25) is 0 Å². The van der Waals surface area contributed by atoms with Crippen molar-refractivity contribution in [1.29, 1.82) is 0 Å². The van der Waals surface area contributed by atoms with E-state index in [-0.39, 0.29) is 0 Å². The summed E-state index contributed by atoms with van der Waals surface area (Å²) in [5.41, 5.74) is 3.03. The van der Waals surface area contributed by atoms with E-state index < -0.39 is 0 Å². The fraction of sp³-hybridized carbons (Fsp3) is 0.429. The molecule has 0 aromatic heterocycles. The van der Waals surface area contributed by atoms with Gasteiger partial charge >= 0.3 is 0 Å². The zero-order valence-corrected chi connectivity index (χ0v) is 9.72. The maximum Gasteiger partial charge on any atom is -0.0279 e. The maximum absolute atomic E-state index is 3.36. The van der Waals surface area contributed by atoms with E-state index in [1.54, 1.807) is 6.08 Å². The molecular formula is C14H22. The Balaban J connectivity index is 0.000000500. The van der Waals surface area contributed by atoms with Crippen LogP contribution >= 0.6 is 0 Å². The van der Waals surface area contributed by atoms with Crippen LogP contribution in [0.1, 0.15) is 38.3 Å². The predicted molar refractivity (Wildman–Crippen MR) is 65.7 cm³/mol. The fourth-order valence-electron chi connectivity index (χ4n) is 1.42. The number of hydrogen-bond donors (Lipinski definition) is 0. The molecule has 0 spiro atoms. The minimum absolute atomic E-state index is 1.16. The molecule has 0 saturated carbocycles. The van der Waals surface area contributed by atoms with Gasteiger partial charge in [0.05, 0.1) is 0 Å². The summed E-state index contributed by atoms with van der Waals surface area (Å²) in [6.07, 6.45) is 5.39. The molecule has 0 atom stereocenters. The van der Waals surface area contributed by atoms with E-state index in [4.69, 9.17) is 0 Å². The van der Waals surface area contributed by atoms with Gasteiger partial charge in [0.2, 0.25) is 0 Å². The molecule has 0 unspecified atom stereocenters. The van der Waals surface area contributed by atoms with Crippen molar-refractivity contribution in [2.75, 3.05) is 0 Å². The summed E-state index contributed by atoms with van der Waals surface area (Å²) in [7, 11) is 0. The van der Waals surface area contributed by atoms with Gasteiger partial charge in [-0.2, -0.15) is 0 Å². The Morgan fingerprint density at radius 1 is 1.14 bits per heavy atom. The van der Waals surface area contributed by atoms with Gasteiger partial charge < -0.3 is 0 Å². The highest BCUT2D eigenvalue weighted by Gasteiger charge is 1.96. The largest absolute Gasteiger partial charge is 0.103 e. The van der Waals surface area contributed by atoms with E-state index in [9.17, 15) is 0 Å². The molecule has 14 heavy (non-hydrogen) atoms. The van der Waals surface area contributed by atoms with Crippen LogP contribution in [-0.4, -0.2) is 0 Å². The first-order chi connectivity index (χ1) is 6.79. The summed E-state index contributed by atoms with van der Waals surface area (Å²) >= 11 is 0. The molecule has 1 aromatic rings. The van der Waals surface area contributed by atoms with E-state index in [1.807, 2.05) is 6.92 Å². The highest BCUT2D eigenvalue weighted by atomic mass is 14.0. The van der Waals surface area contributed by atoms with Crippen LogP contribution in [0.3, 0.4) is 0 Å². The molecule has 1 rings (SSSR count). The van der Waals surface area contributed by atoms with Crippen LogP contribution in [0.4, 0.5) is 0 Å². The first-order valence-electron chi connectivity index (χ1n) is 5.43. The monoisotopic (exact) mass is 190 g/mol. The Morgan fingerprint density at radius 3 is 2.07 bits per heavy atom. The molecule has 0 nitrogen and oxygen atoms in total. The first-order valence-corrected chi connectivity index (χ1v) is 5.43. The molecule has 0 N–H and O–H groups in total. The van der Waals surface area contributed by atoms with Crippen LogP contribution in [0, 0.1) is 0 Å². The summed E-state index contributed by atoms with van der Waals surface area (Å²) in [6, 6.07) is 8.72. The molecule has 0 fully saturated rings. The highest BCUT2D eigenvalue weighted by molar-refractivity contribution is 5.26. The van der Waals surface area contributed by atoms with Crippen LogP contribution < -0.4 is 0 Å². The third-order valence-electron chi connectivity index (χ3n) is 2.02. The lowest BCUT2D eigenvalue weighted by Gasteiger charge is -2.04. The minimum Gasteiger partial charge on any atom is -0.103 e. The Morgan fingerprint density at radius 2 is 1.64 bits per heavy atom. The van der Waals surface area contributed by atoms with Crippen LogP contribution in [0.15, 0.2) is 36.9 Å². The lowest BCUT2D eigenvalue weighted by atomic mass is 10.0. The van der Waals surface area contributed by atoms with Crippen LogP contribution in [0.25, 0.3) is 0 Å². The van der Waals surface area contributed by atoms with Crippen molar-refractivity contribution < 1.29 is 0 Å². The van der Waals surface area contributed by atoms with Gasteiger partial charge in [0.1, 0.15) is 0 Å². The molecule has 0 aliphatic rings. The molecule has 0 amide bonds. The minimum atomic E-state index is 1.16. The number of rotatable bonds is 3. The van der Waals surface area contributed by atoms with Crippen molar-refractivity contribution in [3.8, 4) is 0 Å². The molecular weight excluding hydrogens is 168 g/mol. The lowest BCUT2D eigenvalue weighted by molar-refractivity contribution is 0.899. The number of allylic oxidation sites excluding steroid dienone is 1. The van der Waals surface area contributed by atoms with Gasteiger partial charge in [-0.25, -0.2) is 0 Å². The quantitative estimate of drug-likeness (QED) is 0.620. The maximum atomic E-state index is 3.36. The molecule has 0 saturated heterocycles. The second kappa shape index (κ2) is 8.55. The van der Waals surface area contributed by atoms with Crippen molar-refractivity contribution in [2.45, 2.75) is 40.0 Å². The smallest absolute Gasteiger partial charge is 0.0279 e. The van der Waals surface area contributed by atoms with Gasteiger partial charge in [0.15, 0.2) is 0 Å². The van der Waals surface area contributed by atoms with Crippen molar-refractivity contribution in [3.05, 3.63) is 48.0 Å². The summed E-state index contributed by atoms with van der Waals surface area (Å²) in [4.78, 5) is 0. The molecule has 0 aliphatic heterocycles. The molecule has 0 heterocycles. The third-order valence-corrected chi connectivity index (χ3v) is 2.02. The number of aryl methyl sites for hydroxylation is 2. The molecule has 78 valence electrons. The van der Waals surface area contributed by atoms with Crippen molar-refractivity contribution in [1.82, 2.24) is 0 Å². The Labute approximate surface area is 88.7 Å². The van der Waals surface area contributed by atoms with E-state index in [1.165, 1.54) is 24.0 Å². The van der Waals surface area contributed by atoms with Gasteiger partial charge in [-0.15, -0.1) is 6.58 Å². The molecule has 0 aliphatic carbocycles. The Kier molecular flexibility index (Phi) is 7.92. The van der Waals surface area contributed by atoms with Gasteiger partial charge in [-0.1, -0.05) is 50.6 Å². The lowest BCUT2D eigenvalue weighted by Crippen LogP contribution is -1.90. The molecule has 0 radical (unpaired) electrons. The van der Waals surface area contributed by atoms with Gasteiger partial charge in [0.25, 0.3) is 0 Å². The van der Waals surface area contributed by atoms with Crippen molar-refractivity contribution in [3.63, 3.8) is 0 Å². The second-order valence-corrected chi connectivity index (χ2v) is 3.28. The van der Waals surface area contributed by atoms with Gasteiger partial charge in [-0.3, -0.25) is 0 Å². The van der Waals surface area contributed by atoms with E-state index in [0.717, 1.165) is 6.42 Å². The standard InChI is InChI=1S/C11H16.C3H6/c1-3-7-11-9-6-5-8-10(11)4-2;1-3-2/h5-6,8-9H,3-4,7H2,1-2H3;3H,1H2,2H3. The van der Waals surface area contributed by atoms with Crippen molar-refractivity contribution in [2.24, 2.45) is 0 Å². The zero-order chi connectivity index (χ0) is 10.8. The zero-order valence-electron chi connectivity index (χ0n) is 9.72. The summed E-state index contributed by atoms with van der Waals surface area (Å²) in [5, 5.41) is 0.